The van der Waals surface area contributed by atoms with Crippen LogP contribution in [0.3, 0.4) is 0 Å². The molecule has 1 aliphatic rings. The second-order valence-corrected chi connectivity index (χ2v) is 8.96. The summed E-state index contributed by atoms with van der Waals surface area (Å²) in [4.78, 5) is 17.8. The average molecular weight is 394 g/mol. The Morgan fingerprint density at radius 3 is 2.50 bits per heavy atom. The van der Waals surface area contributed by atoms with E-state index in [9.17, 15) is 4.79 Å². The third-order valence-corrected chi connectivity index (χ3v) is 5.86. The molecule has 0 saturated heterocycles. The van der Waals surface area contributed by atoms with Crippen molar-refractivity contribution in [2.75, 3.05) is 5.32 Å². The summed E-state index contributed by atoms with van der Waals surface area (Å²) in [6, 6.07) is 11.9. The fourth-order valence-corrected chi connectivity index (χ4v) is 4.24. The lowest BCUT2D eigenvalue weighted by Gasteiger charge is -2.26. The first-order chi connectivity index (χ1) is 13.3. The minimum absolute atomic E-state index is 0.0860. The first-order valence-corrected chi connectivity index (χ1v) is 10.0. The van der Waals surface area contributed by atoms with Gasteiger partial charge in [-0.15, -0.1) is 16.4 Å². The number of hydrogen-bond donors (Lipinski definition) is 2. The molecule has 1 aromatic carbocycles. The normalized spacial score (nSPS) is 16.6. The number of benzene rings is 1. The van der Waals surface area contributed by atoms with Crippen molar-refractivity contribution in [2.45, 2.75) is 39.2 Å². The van der Waals surface area contributed by atoms with Crippen molar-refractivity contribution in [3.63, 3.8) is 0 Å². The molecule has 0 radical (unpaired) electrons. The van der Waals surface area contributed by atoms with Crippen molar-refractivity contribution in [3.05, 3.63) is 63.5 Å². The monoisotopic (exact) mass is 393 g/mol. The van der Waals surface area contributed by atoms with Crippen LogP contribution in [0.1, 0.15) is 44.2 Å². The summed E-state index contributed by atoms with van der Waals surface area (Å²) >= 11 is 1.57. The van der Waals surface area contributed by atoms with E-state index in [2.05, 4.69) is 43.2 Å². The first kappa shape index (κ1) is 18.4. The molecule has 1 aliphatic heterocycles. The number of amides is 1. The van der Waals surface area contributed by atoms with Crippen molar-refractivity contribution in [2.24, 2.45) is 5.73 Å². The van der Waals surface area contributed by atoms with Crippen LogP contribution >= 0.6 is 11.3 Å². The Morgan fingerprint density at radius 2 is 1.93 bits per heavy atom. The van der Waals surface area contributed by atoms with Gasteiger partial charge in [-0.1, -0.05) is 51.1 Å². The van der Waals surface area contributed by atoms with Crippen LogP contribution in [-0.4, -0.2) is 20.7 Å². The van der Waals surface area contributed by atoms with Crippen molar-refractivity contribution in [1.29, 1.82) is 0 Å². The van der Waals surface area contributed by atoms with Gasteiger partial charge < -0.3 is 11.1 Å². The molecule has 2 aromatic heterocycles. The van der Waals surface area contributed by atoms with E-state index in [0.29, 0.717) is 23.0 Å². The number of aromatic nitrogens is 3. The third-order valence-electron chi connectivity index (χ3n) is 4.94. The van der Waals surface area contributed by atoms with Crippen LogP contribution in [-0.2, 0) is 10.2 Å². The number of rotatable bonds is 3. The second kappa shape index (κ2) is 6.60. The molecule has 28 heavy (non-hydrogen) atoms. The van der Waals surface area contributed by atoms with E-state index in [4.69, 9.17) is 10.8 Å². The second-order valence-electron chi connectivity index (χ2n) is 7.98. The van der Waals surface area contributed by atoms with Crippen LogP contribution < -0.4 is 11.1 Å². The predicted octanol–water partition coefficient (Wildman–Crippen LogP) is 4.08. The van der Waals surface area contributed by atoms with Crippen LogP contribution in [0, 0.1) is 0 Å². The molecule has 0 fully saturated rings. The zero-order valence-corrected chi connectivity index (χ0v) is 17.2. The number of fused-ring (bicyclic) bond motifs is 1. The number of thiophene rings is 1. The molecular formula is C21H23N5OS. The first-order valence-electron chi connectivity index (χ1n) is 9.14. The Kier molecular flexibility index (Phi) is 4.34. The van der Waals surface area contributed by atoms with Gasteiger partial charge in [0.15, 0.2) is 5.82 Å². The zero-order valence-electron chi connectivity index (χ0n) is 16.4. The van der Waals surface area contributed by atoms with Crippen molar-refractivity contribution in [1.82, 2.24) is 14.8 Å². The van der Waals surface area contributed by atoms with Gasteiger partial charge in [0.25, 0.3) is 0 Å². The van der Waals surface area contributed by atoms with Gasteiger partial charge in [-0.25, -0.2) is 4.68 Å². The summed E-state index contributed by atoms with van der Waals surface area (Å²) in [6.45, 7) is 8.40. The number of anilines is 1. The minimum atomic E-state index is -0.458. The smallest absolute Gasteiger partial charge is 0.248 e. The lowest BCUT2D eigenvalue weighted by molar-refractivity contribution is -0.115. The molecule has 0 saturated carbocycles. The third kappa shape index (κ3) is 3.11. The molecule has 0 bridgehead atoms. The molecule has 7 heteroatoms. The fraction of sp³-hybridized carbons (Fsp3) is 0.286. The average Bonchev–Trinajstić information content (AvgIpc) is 3.29. The molecule has 144 valence electrons. The number of carbonyl (C=O) groups is 1. The molecule has 3 N–H and O–H groups in total. The van der Waals surface area contributed by atoms with Crippen LogP contribution in [0.15, 0.2) is 53.0 Å². The van der Waals surface area contributed by atoms with Crippen LogP contribution in [0.5, 0.6) is 0 Å². The highest BCUT2D eigenvalue weighted by Gasteiger charge is 2.34. The summed E-state index contributed by atoms with van der Waals surface area (Å²) in [7, 11) is 0. The van der Waals surface area contributed by atoms with E-state index >= 15 is 0 Å². The molecular weight excluding hydrogens is 370 g/mol. The number of allylic oxidation sites excluding steroid dienone is 1. The Bertz CT molecular complexity index is 1060. The van der Waals surface area contributed by atoms with Gasteiger partial charge in [-0.2, -0.15) is 4.98 Å². The summed E-state index contributed by atoms with van der Waals surface area (Å²) in [6.07, 6.45) is 0. The van der Waals surface area contributed by atoms with Gasteiger partial charge in [0.2, 0.25) is 11.9 Å². The Labute approximate surface area is 168 Å². The fourth-order valence-electron chi connectivity index (χ4n) is 3.42. The molecule has 1 atom stereocenters. The number of nitrogens with zero attached hydrogens (tertiary/aromatic N) is 3. The molecule has 4 rings (SSSR count). The molecule has 0 aliphatic carbocycles. The van der Waals surface area contributed by atoms with E-state index in [1.54, 1.807) is 16.0 Å². The number of hydrogen-bond acceptors (Lipinski definition) is 5. The summed E-state index contributed by atoms with van der Waals surface area (Å²) in [5.41, 5.74) is 9.18. The quantitative estimate of drug-likeness (QED) is 0.702. The van der Waals surface area contributed by atoms with E-state index < -0.39 is 5.91 Å². The van der Waals surface area contributed by atoms with E-state index in [1.807, 2.05) is 36.6 Å². The molecule has 3 heterocycles. The topological polar surface area (TPSA) is 85.8 Å². The summed E-state index contributed by atoms with van der Waals surface area (Å²) in [5.74, 6) is 0.763. The Hall–Kier alpha value is -2.93. The predicted molar refractivity (Wildman–Crippen MR) is 112 cm³/mol. The maximum atomic E-state index is 12.2. The van der Waals surface area contributed by atoms with Gasteiger partial charge in [0.05, 0.1) is 5.57 Å². The van der Waals surface area contributed by atoms with Gasteiger partial charge in [0.1, 0.15) is 6.04 Å². The molecule has 6 nitrogen and oxygen atoms in total. The van der Waals surface area contributed by atoms with Gasteiger partial charge >= 0.3 is 0 Å². The van der Waals surface area contributed by atoms with E-state index in [-0.39, 0.29) is 11.5 Å². The molecule has 1 unspecified atom stereocenters. The Balaban J connectivity index is 1.79. The lowest BCUT2D eigenvalue weighted by Crippen LogP contribution is -2.31. The summed E-state index contributed by atoms with van der Waals surface area (Å²) < 4.78 is 1.76. The SMILES string of the molecule is CC1=C(C(N)=O)C(c2cccs2)n2nc(-c3ccc(C(C)(C)C)cc3)nc2N1. The van der Waals surface area contributed by atoms with Crippen molar-refractivity contribution >= 4 is 23.2 Å². The standard InChI is InChI=1S/C21H23N5OS/c1-12-16(18(22)27)17(15-6-5-11-28-15)26-20(23-12)24-19(25-26)13-7-9-14(10-8-13)21(2,3)4/h5-11,17H,1-4H3,(H2,22,27)(H,23,24,25). The van der Waals surface area contributed by atoms with Crippen molar-refractivity contribution in [3.8, 4) is 11.4 Å². The Morgan fingerprint density at radius 1 is 1.21 bits per heavy atom. The highest BCUT2D eigenvalue weighted by Crippen LogP contribution is 2.37. The van der Waals surface area contributed by atoms with Crippen LogP contribution in [0.25, 0.3) is 11.4 Å². The number of carbonyl (C=O) groups excluding carboxylic acids is 1. The van der Waals surface area contributed by atoms with E-state index in [1.165, 1.54) is 5.56 Å². The number of nitrogens with one attached hydrogen (secondary N) is 1. The largest absolute Gasteiger partial charge is 0.366 e. The number of primary amides is 1. The maximum absolute atomic E-state index is 12.2. The molecule has 1 amide bonds. The van der Waals surface area contributed by atoms with Gasteiger partial charge in [0, 0.05) is 16.1 Å². The zero-order chi connectivity index (χ0) is 20.1. The van der Waals surface area contributed by atoms with Crippen molar-refractivity contribution < 1.29 is 4.79 Å². The number of nitrogens with two attached hydrogens (primary N) is 1. The molecule has 0 spiro atoms. The lowest BCUT2D eigenvalue weighted by atomic mass is 9.87. The van der Waals surface area contributed by atoms with E-state index in [0.717, 1.165) is 10.4 Å². The maximum Gasteiger partial charge on any atom is 0.248 e. The highest BCUT2D eigenvalue weighted by molar-refractivity contribution is 7.10. The summed E-state index contributed by atoms with van der Waals surface area (Å²) in [5, 5.41) is 9.89. The van der Waals surface area contributed by atoms with Gasteiger partial charge in [-0.3, -0.25) is 4.79 Å². The highest BCUT2D eigenvalue weighted by atomic mass is 32.1. The van der Waals surface area contributed by atoms with Gasteiger partial charge in [-0.05, 0) is 29.3 Å². The molecule has 3 aromatic rings. The van der Waals surface area contributed by atoms with Crippen LogP contribution in [0.2, 0.25) is 0 Å². The van der Waals surface area contributed by atoms with Crippen LogP contribution in [0.4, 0.5) is 5.95 Å². The minimum Gasteiger partial charge on any atom is -0.366 e.